The molecule has 4 rings (SSSR count). The lowest BCUT2D eigenvalue weighted by Gasteiger charge is -2.29. The van der Waals surface area contributed by atoms with Crippen molar-refractivity contribution >= 4 is 11.0 Å². The lowest BCUT2D eigenvalue weighted by atomic mass is 9.85. The van der Waals surface area contributed by atoms with Gasteiger partial charge in [-0.3, -0.25) is 0 Å². The van der Waals surface area contributed by atoms with Crippen LogP contribution in [0.4, 0.5) is 0 Å². The molecule has 0 fully saturated rings. The SMILES string of the molecule is CCn1c(C(O)(c2ccccc2)c2ccccc2)nc2ccc(OCCOC)cc21. The van der Waals surface area contributed by atoms with Crippen molar-refractivity contribution in [3.8, 4) is 5.75 Å². The lowest BCUT2D eigenvalue weighted by molar-refractivity contribution is 0.112. The minimum absolute atomic E-state index is 0.479. The molecule has 0 aliphatic rings. The summed E-state index contributed by atoms with van der Waals surface area (Å²) in [7, 11) is 1.65. The molecule has 1 heterocycles. The van der Waals surface area contributed by atoms with Gasteiger partial charge in [0.05, 0.1) is 17.6 Å². The summed E-state index contributed by atoms with van der Waals surface area (Å²) >= 11 is 0. The summed E-state index contributed by atoms with van der Waals surface area (Å²) in [4.78, 5) is 4.88. The Hall–Kier alpha value is -3.15. The Labute approximate surface area is 176 Å². The molecule has 0 spiro atoms. The van der Waals surface area contributed by atoms with Crippen molar-refractivity contribution in [2.75, 3.05) is 20.3 Å². The first kappa shape index (κ1) is 20.1. The fraction of sp³-hybridized carbons (Fsp3) is 0.240. The molecule has 5 nitrogen and oxygen atoms in total. The molecule has 0 atom stereocenters. The van der Waals surface area contributed by atoms with Gasteiger partial charge >= 0.3 is 0 Å². The molecule has 0 amide bonds. The normalized spacial score (nSPS) is 11.7. The van der Waals surface area contributed by atoms with Gasteiger partial charge in [-0.2, -0.15) is 0 Å². The molecule has 5 heteroatoms. The quantitative estimate of drug-likeness (QED) is 0.445. The Bertz CT molecular complexity index is 1070. The number of benzene rings is 3. The monoisotopic (exact) mass is 402 g/mol. The minimum Gasteiger partial charge on any atom is -0.491 e. The molecule has 0 aliphatic heterocycles. The summed E-state index contributed by atoms with van der Waals surface area (Å²) in [5.41, 5.74) is 1.91. The van der Waals surface area contributed by atoms with Crippen LogP contribution in [0.3, 0.4) is 0 Å². The van der Waals surface area contributed by atoms with E-state index in [1.165, 1.54) is 0 Å². The summed E-state index contributed by atoms with van der Waals surface area (Å²) in [6.07, 6.45) is 0. The molecule has 1 aromatic heterocycles. The number of aromatic nitrogens is 2. The molecule has 0 bridgehead atoms. The van der Waals surface area contributed by atoms with E-state index in [2.05, 4.69) is 11.5 Å². The minimum atomic E-state index is -1.38. The van der Waals surface area contributed by atoms with Crippen molar-refractivity contribution in [1.82, 2.24) is 9.55 Å². The number of aryl methyl sites for hydroxylation is 1. The van der Waals surface area contributed by atoms with E-state index in [0.717, 1.165) is 27.9 Å². The highest BCUT2D eigenvalue weighted by atomic mass is 16.5. The van der Waals surface area contributed by atoms with E-state index in [-0.39, 0.29) is 0 Å². The van der Waals surface area contributed by atoms with Gasteiger partial charge in [0.2, 0.25) is 0 Å². The molecule has 1 N–H and O–H groups in total. The molecule has 30 heavy (non-hydrogen) atoms. The summed E-state index contributed by atoms with van der Waals surface area (Å²) in [5, 5.41) is 12.1. The summed E-state index contributed by atoms with van der Waals surface area (Å²) in [6, 6.07) is 25.2. The number of hydrogen-bond acceptors (Lipinski definition) is 4. The fourth-order valence-electron chi connectivity index (χ4n) is 3.82. The smallest absolute Gasteiger partial charge is 0.173 e. The molecule has 0 saturated carbocycles. The molecule has 0 saturated heterocycles. The highest BCUT2D eigenvalue weighted by molar-refractivity contribution is 5.78. The maximum atomic E-state index is 12.1. The van der Waals surface area contributed by atoms with Crippen molar-refractivity contribution in [3.05, 3.63) is 95.8 Å². The molecule has 3 aromatic carbocycles. The first-order chi connectivity index (χ1) is 14.7. The van der Waals surface area contributed by atoms with Crippen LogP contribution in [0.5, 0.6) is 5.75 Å². The van der Waals surface area contributed by atoms with Crippen LogP contribution >= 0.6 is 0 Å². The Morgan fingerprint density at radius 1 is 0.900 bits per heavy atom. The van der Waals surface area contributed by atoms with Gasteiger partial charge in [-0.05, 0) is 30.2 Å². The number of nitrogens with zero attached hydrogens (tertiary/aromatic N) is 2. The van der Waals surface area contributed by atoms with Crippen molar-refractivity contribution in [3.63, 3.8) is 0 Å². The van der Waals surface area contributed by atoms with Crippen LogP contribution in [0.1, 0.15) is 23.9 Å². The Kier molecular flexibility index (Phi) is 5.84. The second-order valence-electron chi connectivity index (χ2n) is 7.11. The highest BCUT2D eigenvalue weighted by Gasteiger charge is 2.38. The van der Waals surface area contributed by atoms with Gasteiger partial charge in [-0.15, -0.1) is 0 Å². The molecule has 0 radical (unpaired) electrons. The van der Waals surface area contributed by atoms with Crippen molar-refractivity contribution < 1.29 is 14.6 Å². The average molecular weight is 402 g/mol. The first-order valence-electron chi connectivity index (χ1n) is 10.1. The number of rotatable bonds is 8. The van der Waals surface area contributed by atoms with E-state index in [9.17, 15) is 5.11 Å². The second kappa shape index (κ2) is 8.69. The largest absolute Gasteiger partial charge is 0.491 e. The number of methoxy groups -OCH3 is 1. The number of imidazole rings is 1. The van der Waals surface area contributed by atoms with Crippen LogP contribution in [0.25, 0.3) is 11.0 Å². The third kappa shape index (κ3) is 3.58. The van der Waals surface area contributed by atoms with Crippen molar-refractivity contribution in [1.29, 1.82) is 0 Å². The molecule has 154 valence electrons. The summed E-state index contributed by atoms with van der Waals surface area (Å²) < 4.78 is 12.9. The average Bonchev–Trinajstić information content (AvgIpc) is 3.18. The molecular weight excluding hydrogens is 376 g/mol. The van der Waals surface area contributed by atoms with E-state index in [4.69, 9.17) is 14.5 Å². The molecule has 0 unspecified atom stereocenters. The van der Waals surface area contributed by atoms with E-state index in [1.807, 2.05) is 78.9 Å². The van der Waals surface area contributed by atoms with Gasteiger partial charge in [0, 0.05) is 19.7 Å². The van der Waals surface area contributed by atoms with Crippen LogP contribution in [0.15, 0.2) is 78.9 Å². The molecular formula is C25H26N2O3. The van der Waals surface area contributed by atoms with Crippen LogP contribution in [-0.4, -0.2) is 35.0 Å². The maximum Gasteiger partial charge on any atom is 0.173 e. The topological polar surface area (TPSA) is 56.5 Å². The van der Waals surface area contributed by atoms with Gasteiger partial charge < -0.3 is 19.1 Å². The summed E-state index contributed by atoms with van der Waals surface area (Å²) in [5.74, 6) is 1.34. The third-order valence-electron chi connectivity index (χ3n) is 5.30. The first-order valence-corrected chi connectivity index (χ1v) is 10.1. The van der Waals surface area contributed by atoms with Gasteiger partial charge in [-0.1, -0.05) is 60.7 Å². The summed E-state index contributed by atoms with van der Waals surface area (Å²) in [6.45, 7) is 3.72. The Morgan fingerprint density at radius 2 is 1.53 bits per heavy atom. The van der Waals surface area contributed by atoms with E-state index < -0.39 is 5.60 Å². The van der Waals surface area contributed by atoms with Gasteiger partial charge in [0.1, 0.15) is 12.4 Å². The molecule has 4 aromatic rings. The zero-order chi connectivity index (χ0) is 21.0. The second-order valence-corrected chi connectivity index (χ2v) is 7.11. The van der Waals surface area contributed by atoms with Crippen LogP contribution in [-0.2, 0) is 16.9 Å². The number of ether oxygens (including phenoxy) is 2. The van der Waals surface area contributed by atoms with Crippen LogP contribution in [0.2, 0.25) is 0 Å². The number of fused-ring (bicyclic) bond motifs is 1. The highest BCUT2D eigenvalue weighted by Crippen LogP contribution is 2.38. The van der Waals surface area contributed by atoms with Gasteiger partial charge in [0.25, 0.3) is 0 Å². The van der Waals surface area contributed by atoms with E-state index in [1.54, 1.807) is 7.11 Å². The van der Waals surface area contributed by atoms with Crippen LogP contribution < -0.4 is 4.74 Å². The Morgan fingerprint density at radius 3 is 2.10 bits per heavy atom. The standard InChI is InChI=1S/C25H26N2O3/c1-3-27-23-18-21(30-17-16-29-2)14-15-22(23)26-24(27)25(28,19-10-6-4-7-11-19)20-12-8-5-9-13-20/h4-15,18,28H,3,16-17H2,1-2H3. The molecule has 0 aliphatic carbocycles. The fourth-order valence-corrected chi connectivity index (χ4v) is 3.82. The third-order valence-corrected chi connectivity index (χ3v) is 5.30. The van der Waals surface area contributed by atoms with Gasteiger partial charge in [0.15, 0.2) is 11.4 Å². The van der Waals surface area contributed by atoms with Crippen LogP contribution in [0, 0.1) is 0 Å². The Balaban J connectivity index is 1.90. The van der Waals surface area contributed by atoms with Gasteiger partial charge in [-0.25, -0.2) is 4.98 Å². The van der Waals surface area contributed by atoms with E-state index >= 15 is 0 Å². The zero-order valence-corrected chi connectivity index (χ0v) is 17.3. The number of aliphatic hydroxyl groups is 1. The zero-order valence-electron chi connectivity index (χ0n) is 17.3. The predicted octanol–water partition coefficient (Wildman–Crippen LogP) is 4.37. The number of hydrogen-bond donors (Lipinski definition) is 1. The predicted molar refractivity (Wildman–Crippen MR) is 118 cm³/mol. The lowest BCUT2D eigenvalue weighted by Crippen LogP contribution is -2.32. The van der Waals surface area contributed by atoms with Crippen molar-refractivity contribution in [2.45, 2.75) is 19.1 Å². The van der Waals surface area contributed by atoms with Crippen molar-refractivity contribution in [2.24, 2.45) is 0 Å². The maximum absolute atomic E-state index is 12.1. The van der Waals surface area contributed by atoms with E-state index in [0.29, 0.717) is 25.6 Å².